The molecule has 19 heavy (non-hydrogen) atoms. The molecule has 2 aromatic rings. The molecule has 0 aliphatic heterocycles. The number of aromatic nitrogens is 2. The van der Waals surface area contributed by atoms with Crippen molar-refractivity contribution in [3.05, 3.63) is 41.2 Å². The summed E-state index contributed by atoms with van der Waals surface area (Å²) < 4.78 is 5.66. The van der Waals surface area contributed by atoms with Crippen LogP contribution in [-0.2, 0) is 5.41 Å². The number of nitrogens with two attached hydrogens (primary N) is 1. The van der Waals surface area contributed by atoms with Gasteiger partial charge in [0.15, 0.2) is 0 Å². The van der Waals surface area contributed by atoms with Crippen molar-refractivity contribution in [2.45, 2.75) is 26.2 Å². The molecular formula is C14H16ClN3O. The van der Waals surface area contributed by atoms with E-state index in [4.69, 9.17) is 22.1 Å². The quantitative estimate of drug-likeness (QED) is 0.907. The number of anilines is 1. The van der Waals surface area contributed by atoms with Gasteiger partial charge >= 0.3 is 0 Å². The normalized spacial score (nSPS) is 11.4. The van der Waals surface area contributed by atoms with Crippen molar-refractivity contribution in [1.82, 2.24) is 9.97 Å². The third-order valence-corrected chi connectivity index (χ3v) is 3.05. The van der Waals surface area contributed by atoms with Gasteiger partial charge < -0.3 is 10.5 Å². The molecule has 0 saturated heterocycles. The van der Waals surface area contributed by atoms with Crippen molar-refractivity contribution < 1.29 is 4.74 Å². The first kappa shape index (κ1) is 13.6. The Morgan fingerprint density at radius 1 is 1.21 bits per heavy atom. The standard InChI is InChI=1S/C14H16ClN3O/c1-14(2,3)9-5-4-6-10(7-9)19-13-11(15)12(16)17-8-18-13/h4-8H,1-3H3,(H2,16,17,18). The van der Waals surface area contributed by atoms with Crippen LogP contribution in [0.25, 0.3) is 0 Å². The number of ether oxygens (including phenoxy) is 1. The summed E-state index contributed by atoms with van der Waals surface area (Å²) in [5, 5.41) is 0.226. The van der Waals surface area contributed by atoms with Crippen LogP contribution in [0.3, 0.4) is 0 Å². The highest BCUT2D eigenvalue weighted by atomic mass is 35.5. The van der Waals surface area contributed by atoms with Gasteiger partial charge in [-0.05, 0) is 23.1 Å². The van der Waals surface area contributed by atoms with Crippen LogP contribution in [0.2, 0.25) is 5.02 Å². The molecule has 1 aromatic heterocycles. The first-order chi connectivity index (χ1) is 8.88. The minimum absolute atomic E-state index is 0.0495. The highest BCUT2D eigenvalue weighted by molar-refractivity contribution is 6.34. The van der Waals surface area contributed by atoms with E-state index < -0.39 is 0 Å². The second-order valence-electron chi connectivity index (χ2n) is 5.26. The Balaban J connectivity index is 2.31. The van der Waals surface area contributed by atoms with Gasteiger partial charge in [0.2, 0.25) is 5.88 Å². The average molecular weight is 278 g/mol. The molecule has 0 radical (unpaired) electrons. The molecule has 100 valence electrons. The summed E-state index contributed by atoms with van der Waals surface area (Å²) in [6, 6.07) is 7.82. The molecular weight excluding hydrogens is 262 g/mol. The Morgan fingerprint density at radius 3 is 2.63 bits per heavy atom. The summed E-state index contributed by atoms with van der Waals surface area (Å²) in [5.74, 6) is 1.14. The van der Waals surface area contributed by atoms with E-state index in [-0.39, 0.29) is 22.1 Å². The molecule has 0 unspecified atom stereocenters. The fourth-order valence-corrected chi connectivity index (χ4v) is 1.71. The van der Waals surface area contributed by atoms with Crippen LogP contribution in [0.4, 0.5) is 5.82 Å². The number of hydrogen-bond donors (Lipinski definition) is 1. The molecule has 2 N–H and O–H groups in total. The van der Waals surface area contributed by atoms with Crippen molar-refractivity contribution in [2.24, 2.45) is 0 Å². The Labute approximate surface area is 117 Å². The Bertz CT molecular complexity index is 593. The van der Waals surface area contributed by atoms with Gasteiger partial charge in [-0.1, -0.05) is 44.5 Å². The fourth-order valence-electron chi connectivity index (χ4n) is 1.58. The molecule has 0 aliphatic carbocycles. The lowest BCUT2D eigenvalue weighted by Gasteiger charge is -2.19. The van der Waals surface area contributed by atoms with Crippen molar-refractivity contribution in [2.75, 3.05) is 5.73 Å². The molecule has 0 amide bonds. The maximum absolute atomic E-state index is 6.00. The molecule has 1 aromatic carbocycles. The maximum atomic E-state index is 6.00. The number of nitrogens with zero attached hydrogens (tertiary/aromatic N) is 2. The summed E-state index contributed by atoms with van der Waals surface area (Å²) in [5.41, 5.74) is 6.83. The van der Waals surface area contributed by atoms with E-state index in [0.717, 1.165) is 0 Å². The van der Waals surface area contributed by atoms with Crippen molar-refractivity contribution >= 4 is 17.4 Å². The minimum atomic E-state index is 0.0495. The lowest BCUT2D eigenvalue weighted by Crippen LogP contribution is -2.10. The summed E-state index contributed by atoms with van der Waals surface area (Å²) >= 11 is 6.00. The second-order valence-corrected chi connectivity index (χ2v) is 5.64. The summed E-state index contributed by atoms with van der Waals surface area (Å²) in [4.78, 5) is 7.77. The summed E-state index contributed by atoms with van der Waals surface area (Å²) in [6.45, 7) is 6.42. The van der Waals surface area contributed by atoms with Crippen LogP contribution >= 0.6 is 11.6 Å². The van der Waals surface area contributed by atoms with Gasteiger partial charge in [0.05, 0.1) is 0 Å². The monoisotopic (exact) mass is 277 g/mol. The molecule has 0 spiro atoms. The number of rotatable bonds is 2. The molecule has 2 rings (SSSR count). The topological polar surface area (TPSA) is 61.0 Å². The third kappa shape index (κ3) is 3.15. The van der Waals surface area contributed by atoms with E-state index in [2.05, 4.69) is 36.8 Å². The third-order valence-electron chi connectivity index (χ3n) is 2.70. The first-order valence-electron chi connectivity index (χ1n) is 5.92. The Morgan fingerprint density at radius 2 is 1.95 bits per heavy atom. The lowest BCUT2D eigenvalue weighted by atomic mass is 9.87. The largest absolute Gasteiger partial charge is 0.437 e. The van der Waals surface area contributed by atoms with Gasteiger partial charge in [-0.3, -0.25) is 0 Å². The van der Waals surface area contributed by atoms with E-state index in [1.165, 1.54) is 11.9 Å². The van der Waals surface area contributed by atoms with Crippen molar-refractivity contribution in [3.8, 4) is 11.6 Å². The van der Waals surface area contributed by atoms with Gasteiger partial charge in [-0.2, -0.15) is 4.98 Å². The summed E-state index contributed by atoms with van der Waals surface area (Å²) in [6.07, 6.45) is 1.32. The zero-order valence-electron chi connectivity index (χ0n) is 11.1. The molecule has 0 bridgehead atoms. The van der Waals surface area contributed by atoms with E-state index in [9.17, 15) is 0 Å². The number of benzene rings is 1. The van der Waals surface area contributed by atoms with E-state index >= 15 is 0 Å². The molecule has 0 fully saturated rings. The van der Waals surface area contributed by atoms with Gasteiger partial charge in [-0.15, -0.1) is 0 Å². The van der Waals surface area contributed by atoms with Crippen LogP contribution in [-0.4, -0.2) is 9.97 Å². The molecule has 5 heteroatoms. The number of halogens is 1. The Hall–Kier alpha value is -1.81. The highest BCUT2D eigenvalue weighted by Gasteiger charge is 2.15. The van der Waals surface area contributed by atoms with Crippen molar-refractivity contribution in [1.29, 1.82) is 0 Å². The van der Waals surface area contributed by atoms with Gasteiger partial charge in [0.25, 0.3) is 0 Å². The lowest BCUT2D eigenvalue weighted by molar-refractivity contribution is 0.459. The maximum Gasteiger partial charge on any atom is 0.243 e. The predicted molar refractivity (Wildman–Crippen MR) is 76.7 cm³/mol. The molecule has 0 atom stereocenters. The minimum Gasteiger partial charge on any atom is -0.437 e. The van der Waals surface area contributed by atoms with Crippen LogP contribution in [0.15, 0.2) is 30.6 Å². The fraction of sp³-hybridized carbons (Fsp3) is 0.286. The number of nitrogen functional groups attached to an aromatic ring is 1. The van der Waals surface area contributed by atoms with Crippen LogP contribution in [0, 0.1) is 0 Å². The molecule has 4 nitrogen and oxygen atoms in total. The van der Waals surface area contributed by atoms with Crippen LogP contribution < -0.4 is 10.5 Å². The zero-order chi connectivity index (χ0) is 14.0. The average Bonchev–Trinajstić information content (AvgIpc) is 2.34. The molecule has 0 saturated carbocycles. The second kappa shape index (κ2) is 5.05. The number of hydrogen-bond acceptors (Lipinski definition) is 4. The summed E-state index contributed by atoms with van der Waals surface area (Å²) in [7, 11) is 0. The van der Waals surface area contributed by atoms with Gasteiger partial charge in [0.1, 0.15) is 22.9 Å². The van der Waals surface area contributed by atoms with E-state index in [1.807, 2.05) is 18.2 Å². The molecule has 0 aliphatic rings. The predicted octanol–water partition coefficient (Wildman–Crippen LogP) is 3.80. The highest BCUT2D eigenvalue weighted by Crippen LogP contribution is 2.32. The molecule has 1 heterocycles. The van der Waals surface area contributed by atoms with Crippen LogP contribution in [0.1, 0.15) is 26.3 Å². The van der Waals surface area contributed by atoms with Gasteiger partial charge in [-0.25, -0.2) is 4.98 Å². The Kier molecular flexibility index (Phi) is 3.62. The smallest absolute Gasteiger partial charge is 0.243 e. The van der Waals surface area contributed by atoms with E-state index in [0.29, 0.717) is 5.75 Å². The first-order valence-corrected chi connectivity index (χ1v) is 6.30. The van der Waals surface area contributed by atoms with Gasteiger partial charge in [0, 0.05) is 0 Å². The van der Waals surface area contributed by atoms with Crippen molar-refractivity contribution in [3.63, 3.8) is 0 Å². The zero-order valence-corrected chi connectivity index (χ0v) is 11.9. The van der Waals surface area contributed by atoms with Crippen LogP contribution in [0.5, 0.6) is 11.6 Å². The SMILES string of the molecule is CC(C)(C)c1cccc(Oc2ncnc(N)c2Cl)c1. The van der Waals surface area contributed by atoms with E-state index in [1.54, 1.807) is 0 Å².